The number of aromatic nitrogens is 1. The number of benzene rings is 1. The lowest BCUT2D eigenvalue weighted by Crippen LogP contribution is -2.37. The molecule has 0 saturated carbocycles. The molecule has 1 aliphatic carbocycles. The Balaban J connectivity index is 1.69. The van der Waals surface area contributed by atoms with Gasteiger partial charge in [-0.05, 0) is 43.0 Å². The van der Waals surface area contributed by atoms with E-state index in [-0.39, 0.29) is 11.9 Å². The Hall–Kier alpha value is -1.78. The number of nitrogens with zero attached hydrogens (tertiary/aromatic N) is 1. The number of rotatable bonds is 4. The van der Waals surface area contributed by atoms with Crippen molar-refractivity contribution in [1.82, 2.24) is 10.3 Å². The van der Waals surface area contributed by atoms with Crippen LogP contribution >= 0.6 is 0 Å². The van der Waals surface area contributed by atoms with Gasteiger partial charge in [0.25, 0.3) is 0 Å². The minimum Gasteiger partial charge on any atom is -0.384 e. The highest BCUT2D eigenvalue weighted by Crippen LogP contribution is 2.36. The number of hydrogen-bond donors (Lipinski definition) is 2. The van der Waals surface area contributed by atoms with Crippen molar-refractivity contribution in [2.75, 3.05) is 6.54 Å². The van der Waals surface area contributed by atoms with Gasteiger partial charge in [-0.15, -0.1) is 0 Å². The Morgan fingerprint density at radius 1 is 1.33 bits per heavy atom. The molecule has 21 heavy (non-hydrogen) atoms. The normalized spacial score (nSPS) is 22.0. The van der Waals surface area contributed by atoms with Crippen LogP contribution in [-0.2, 0) is 12.0 Å². The van der Waals surface area contributed by atoms with Gasteiger partial charge in [0.15, 0.2) is 0 Å². The first-order valence-corrected chi connectivity index (χ1v) is 7.24. The van der Waals surface area contributed by atoms with Crippen molar-refractivity contribution in [3.8, 4) is 0 Å². The van der Waals surface area contributed by atoms with E-state index in [4.69, 9.17) is 0 Å². The fourth-order valence-corrected chi connectivity index (χ4v) is 2.92. The maximum atomic E-state index is 12.9. The van der Waals surface area contributed by atoms with Crippen LogP contribution in [0.5, 0.6) is 0 Å². The monoisotopic (exact) mass is 286 g/mol. The third-order valence-electron chi connectivity index (χ3n) is 4.22. The number of aliphatic hydroxyl groups is 1. The Kier molecular flexibility index (Phi) is 3.74. The summed E-state index contributed by atoms with van der Waals surface area (Å²) >= 11 is 0. The molecule has 4 heteroatoms. The Bertz CT molecular complexity index is 629. The fraction of sp³-hybridized carbons (Fsp3) is 0.353. The molecule has 3 nitrogen and oxygen atoms in total. The van der Waals surface area contributed by atoms with E-state index in [9.17, 15) is 9.50 Å². The zero-order valence-electron chi connectivity index (χ0n) is 12.0. The number of hydrogen-bond acceptors (Lipinski definition) is 3. The molecule has 2 N–H and O–H groups in total. The van der Waals surface area contributed by atoms with Gasteiger partial charge in [0, 0.05) is 12.6 Å². The van der Waals surface area contributed by atoms with E-state index in [2.05, 4.69) is 16.4 Å². The first kappa shape index (κ1) is 14.2. The average Bonchev–Trinajstić information content (AvgIpc) is 2.84. The lowest BCUT2D eigenvalue weighted by molar-refractivity contribution is 0.0362. The van der Waals surface area contributed by atoms with Crippen LogP contribution in [0.3, 0.4) is 0 Å². The molecular weight excluding hydrogens is 267 g/mol. The lowest BCUT2D eigenvalue weighted by Gasteiger charge is -2.26. The first-order valence-electron chi connectivity index (χ1n) is 7.24. The van der Waals surface area contributed by atoms with Gasteiger partial charge in [-0.1, -0.05) is 24.3 Å². The van der Waals surface area contributed by atoms with Gasteiger partial charge in [-0.25, -0.2) is 4.39 Å². The van der Waals surface area contributed by atoms with Gasteiger partial charge < -0.3 is 10.4 Å². The average molecular weight is 286 g/mol. The quantitative estimate of drug-likeness (QED) is 0.908. The van der Waals surface area contributed by atoms with E-state index in [1.54, 1.807) is 6.07 Å². The zero-order valence-corrected chi connectivity index (χ0v) is 12.0. The molecule has 0 aliphatic heterocycles. The minimum atomic E-state index is -0.828. The zero-order chi connectivity index (χ0) is 14.9. The summed E-state index contributed by atoms with van der Waals surface area (Å²) in [7, 11) is 0. The van der Waals surface area contributed by atoms with E-state index < -0.39 is 5.60 Å². The second-order valence-corrected chi connectivity index (χ2v) is 5.69. The van der Waals surface area contributed by atoms with Crippen LogP contribution in [0, 0.1) is 5.82 Å². The van der Waals surface area contributed by atoms with Crippen molar-refractivity contribution in [1.29, 1.82) is 0 Å². The van der Waals surface area contributed by atoms with Crippen LogP contribution in [0.4, 0.5) is 4.39 Å². The largest absolute Gasteiger partial charge is 0.384 e. The summed E-state index contributed by atoms with van der Waals surface area (Å²) in [6.07, 6.45) is 2.84. The SMILES string of the molecule is CC(NCC1(O)CCc2ccccc21)c1ccc(F)cn1. The Morgan fingerprint density at radius 3 is 2.90 bits per heavy atom. The van der Waals surface area contributed by atoms with Crippen molar-refractivity contribution in [3.05, 3.63) is 65.2 Å². The molecule has 0 radical (unpaired) electrons. The molecule has 110 valence electrons. The smallest absolute Gasteiger partial charge is 0.141 e. The highest BCUT2D eigenvalue weighted by Gasteiger charge is 2.36. The van der Waals surface area contributed by atoms with E-state index >= 15 is 0 Å². The molecule has 3 rings (SSSR count). The third kappa shape index (κ3) is 2.82. The van der Waals surface area contributed by atoms with Crippen LogP contribution in [0.25, 0.3) is 0 Å². The van der Waals surface area contributed by atoms with Gasteiger partial charge in [0.2, 0.25) is 0 Å². The van der Waals surface area contributed by atoms with Crippen LogP contribution in [-0.4, -0.2) is 16.6 Å². The molecular formula is C17H19FN2O. The summed E-state index contributed by atoms with van der Waals surface area (Å²) in [5.41, 5.74) is 2.17. The predicted octanol–water partition coefficient (Wildman–Crippen LogP) is 2.71. The Morgan fingerprint density at radius 2 is 2.14 bits per heavy atom. The molecule has 1 aliphatic rings. The molecule has 1 aromatic heterocycles. The van der Waals surface area contributed by atoms with Crippen LogP contribution in [0.2, 0.25) is 0 Å². The minimum absolute atomic E-state index is 0.0395. The van der Waals surface area contributed by atoms with E-state index in [0.29, 0.717) is 6.54 Å². The second kappa shape index (κ2) is 5.54. The topological polar surface area (TPSA) is 45.1 Å². The van der Waals surface area contributed by atoms with Gasteiger partial charge in [-0.3, -0.25) is 4.98 Å². The van der Waals surface area contributed by atoms with Crippen LogP contribution in [0.1, 0.15) is 36.2 Å². The molecule has 1 aromatic carbocycles. The van der Waals surface area contributed by atoms with Crippen molar-refractivity contribution in [2.24, 2.45) is 0 Å². The highest BCUT2D eigenvalue weighted by molar-refractivity contribution is 5.37. The predicted molar refractivity (Wildman–Crippen MR) is 79.3 cm³/mol. The van der Waals surface area contributed by atoms with Crippen LogP contribution < -0.4 is 5.32 Å². The van der Waals surface area contributed by atoms with E-state index in [1.807, 2.05) is 25.1 Å². The number of halogens is 1. The molecule has 0 fully saturated rings. The first-order chi connectivity index (χ1) is 10.1. The lowest BCUT2D eigenvalue weighted by atomic mass is 9.95. The molecule has 0 bridgehead atoms. The summed E-state index contributed by atoms with van der Waals surface area (Å²) < 4.78 is 12.9. The number of pyridine rings is 1. The summed E-state index contributed by atoms with van der Waals surface area (Å²) in [5.74, 6) is -0.339. The molecule has 2 unspecified atom stereocenters. The summed E-state index contributed by atoms with van der Waals surface area (Å²) in [6.45, 7) is 2.43. The molecule has 1 heterocycles. The van der Waals surface area contributed by atoms with Crippen molar-refractivity contribution in [2.45, 2.75) is 31.4 Å². The van der Waals surface area contributed by atoms with Gasteiger partial charge in [0.1, 0.15) is 11.4 Å². The van der Waals surface area contributed by atoms with E-state index in [1.165, 1.54) is 17.8 Å². The molecule has 0 amide bonds. The summed E-state index contributed by atoms with van der Waals surface area (Å²) in [6, 6.07) is 11.0. The molecule has 2 aromatic rings. The van der Waals surface area contributed by atoms with Gasteiger partial charge in [0.05, 0.1) is 11.9 Å². The van der Waals surface area contributed by atoms with Crippen LogP contribution in [0.15, 0.2) is 42.6 Å². The Labute approximate surface area is 123 Å². The fourth-order valence-electron chi connectivity index (χ4n) is 2.92. The maximum absolute atomic E-state index is 12.9. The second-order valence-electron chi connectivity index (χ2n) is 5.69. The van der Waals surface area contributed by atoms with Gasteiger partial charge in [-0.2, -0.15) is 0 Å². The van der Waals surface area contributed by atoms with Crippen molar-refractivity contribution in [3.63, 3.8) is 0 Å². The summed E-state index contributed by atoms with van der Waals surface area (Å²) in [5, 5.41) is 14.1. The highest BCUT2D eigenvalue weighted by atomic mass is 19.1. The van der Waals surface area contributed by atoms with Crippen molar-refractivity contribution >= 4 is 0 Å². The molecule has 0 saturated heterocycles. The third-order valence-corrected chi connectivity index (χ3v) is 4.22. The van der Waals surface area contributed by atoms with E-state index in [0.717, 1.165) is 24.1 Å². The number of fused-ring (bicyclic) bond motifs is 1. The molecule has 0 spiro atoms. The maximum Gasteiger partial charge on any atom is 0.141 e. The number of nitrogens with one attached hydrogen (secondary N) is 1. The number of aryl methyl sites for hydroxylation is 1. The standard InChI is InChI=1S/C17H19FN2O/c1-12(16-7-6-14(18)10-19-16)20-11-17(21)9-8-13-4-2-3-5-15(13)17/h2-7,10,12,20-21H,8-9,11H2,1H3. The van der Waals surface area contributed by atoms with Gasteiger partial charge >= 0.3 is 0 Å². The molecule has 2 atom stereocenters. The van der Waals surface area contributed by atoms with Crippen molar-refractivity contribution < 1.29 is 9.50 Å². The summed E-state index contributed by atoms with van der Waals surface area (Å²) in [4.78, 5) is 4.07.